The third-order valence-corrected chi connectivity index (χ3v) is 3.29. The lowest BCUT2D eigenvalue weighted by Gasteiger charge is -2.08. The molecule has 0 N–H and O–H groups in total. The van der Waals surface area contributed by atoms with Crippen molar-refractivity contribution in [3.8, 4) is 11.1 Å². The zero-order chi connectivity index (χ0) is 11.0. The molecule has 2 aromatic rings. The van der Waals surface area contributed by atoms with Crippen LogP contribution in [-0.4, -0.2) is 0 Å². The first-order chi connectivity index (χ1) is 7.84. The van der Waals surface area contributed by atoms with Crippen LogP contribution in [0.15, 0.2) is 48.5 Å². The summed E-state index contributed by atoms with van der Waals surface area (Å²) in [6, 6.07) is 17.3. The SMILES string of the molecule is CC1[CH]c2cccc(-c3ccccc3)c2C1. The van der Waals surface area contributed by atoms with Crippen LogP contribution < -0.4 is 0 Å². The van der Waals surface area contributed by atoms with Crippen molar-refractivity contribution < 1.29 is 0 Å². The lowest BCUT2D eigenvalue weighted by molar-refractivity contribution is 0.727. The average molecular weight is 207 g/mol. The molecule has 2 aromatic carbocycles. The molecule has 1 aliphatic carbocycles. The van der Waals surface area contributed by atoms with Gasteiger partial charge in [-0.25, -0.2) is 0 Å². The van der Waals surface area contributed by atoms with Crippen molar-refractivity contribution in [3.63, 3.8) is 0 Å². The van der Waals surface area contributed by atoms with Crippen molar-refractivity contribution in [2.75, 3.05) is 0 Å². The van der Waals surface area contributed by atoms with Gasteiger partial charge in [-0.1, -0.05) is 55.5 Å². The van der Waals surface area contributed by atoms with E-state index in [0.29, 0.717) is 5.92 Å². The molecule has 0 saturated carbocycles. The Hall–Kier alpha value is -1.56. The highest BCUT2D eigenvalue weighted by molar-refractivity contribution is 5.70. The van der Waals surface area contributed by atoms with Gasteiger partial charge < -0.3 is 0 Å². The van der Waals surface area contributed by atoms with Crippen molar-refractivity contribution >= 4 is 0 Å². The van der Waals surface area contributed by atoms with Crippen molar-refractivity contribution in [1.29, 1.82) is 0 Å². The normalized spacial score (nSPS) is 18.4. The van der Waals surface area contributed by atoms with E-state index in [1.165, 1.54) is 28.7 Å². The predicted molar refractivity (Wildman–Crippen MR) is 68.1 cm³/mol. The molecule has 1 aliphatic rings. The smallest absolute Gasteiger partial charge is 0.00585 e. The minimum Gasteiger partial charge on any atom is -0.0622 e. The van der Waals surface area contributed by atoms with Crippen molar-refractivity contribution in [1.82, 2.24) is 0 Å². The lowest BCUT2D eigenvalue weighted by atomic mass is 9.97. The fraction of sp³-hybridized carbons (Fsp3) is 0.188. The Labute approximate surface area is 96.9 Å². The zero-order valence-electron chi connectivity index (χ0n) is 9.48. The van der Waals surface area contributed by atoms with Gasteiger partial charge in [0, 0.05) is 0 Å². The number of fused-ring (bicyclic) bond motifs is 1. The van der Waals surface area contributed by atoms with Gasteiger partial charge in [0.2, 0.25) is 0 Å². The van der Waals surface area contributed by atoms with E-state index in [2.05, 4.69) is 61.9 Å². The monoisotopic (exact) mass is 207 g/mol. The second kappa shape index (κ2) is 3.79. The standard InChI is InChI=1S/C16H15/c1-12-10-14-8-5-9-15(16(14)11-12)13-6-3-2-4-7-13/h2-10,12H,11H2,1H3. The molecule has 0 heteroatoms. The molecule has 1 radical (unpaired) electrons. The zero-order valence-corrected chi connectivity index (χ0v) is 9.48. The molecule has 0 fully saturated rings. The molecular weight excluding hydrogens is 192 g/mol. The molecule has 3 rings (SSSR count). The minimum atomic E-state index is 0.680. The number of rotatable bonds is 1. The van der Waals surface area contributed by atoms with Gasteiger partial charge in [0.05, 0.1) is 0 Å². The van der Waals surface area contributed by atoms with Gasteiger partial charge in [-0.15, -0.1) is 0 Å². The van der Waals surface area contributed by atoms with Crippen LogP contribution in [0.1, 0.15) is 18.1 Å². The number of benzene rings is 2. The highest BCUT2D eigenvalue weighted by Crippen LogP contribution is 2.35. The van der Waals surface area contributed by atoms with Gasteiger partial charge in [0.1, 0.15) is 0 Å². The Morgan fingerprint density at radius 2 is 1.75 bits per heavy atom. The molecule has 0 heterocycles. The van der Waals surface area contributed by atoms with Crippen molar-refractivity contribution in [3.05, 3.63) is 66.1 Å². The maximum absolute atomic E-state index is 2.38. The quantitative estimate of drug-likeness (QED) is 0.660. The van der Waals surface area contributed by atoms with Gasteiger partial charge in [-0.3, -0.25) is 0 Å². The third-order valence-electron chi connectivity index (χ3n) is 3.29. The van der Waals surface area contributed by atoms with Gasteiger partial charge in [0.25, 0.3) is 0 Å². The molecule has 0 saturated heterocycles. The summed E-state index contributed by atoms with van der Waals surface area (Å²) in [6.07, 6.45) is 3.56. The van der Waals surface area contributed by atoms with Gasteiger partial charge in [0.15, 0.2) is 0 Å². The maximum Gasteiger partial charge on any atom is -0.00585 e. The molecule has 0 aromatic heterocycles. The van der Waals surface area contributed by atoms with Gasteiger partial charge in [-0.2, -0.15) is 0 Å². The molecule has 1 atom stereocenters. The summed E-state index contributed by atoms with van der Waals surface area (Å²) in [6.45, 7) is 2.29. The first-order valence-electron chi connectivity index (χ1n) is 5.87. The van der Waals surface area contributed by atoms with Crippen molar-refractivity contribution in [2.24, 2.45) is 5.92 Å². The summed E-state index contributed by atoms with van der Waals surface area (Å²) < 4.78 is 0. The first-order valence-corrected chi connectivity index (χ1v) is 5.87. The first kappa shape index (κ1) is 9.65. The third kappa shape index (κ3) is 1.55. The molecule has 0 amide bonds. The van der Waals surface area contributed by atoms with Crippen LogP contribution in [0.5, 0.6) is 0 Å². The summed E-state index contributed by atoms with van der Waals surface area (Å²) in [5.41, 5.74) is 5.68. The Morgan fingerprint density at radius 1 is 0.938 bits per heavy atom. The summed E-state index contributed by atoms with van der Waals surface area (Å²) >= 11 is 0. The van der Waals surface area contributed by atoms with E-state index in [1.807, 2.05) is 0 Å². The molecule has 0 bridgehead atoms. The van der Waals surface area contributed by atoms with Crippen LogP contribution in [0.2, 0.25) is 0 Å². The van der Waals surface area contributed by atoms with E-state index in [1.54, 1.807) is 0 Å². The fourth-order valence-electron chi connectivity index (χ4n) is 2.56. The van der Waals surface area contributed by atoms with Crippen LogP contribution in [-0.2, 0) is 6.42 Å². The van der Waals surface area contributed by atoms with E-state index < -0.39 is 0 Å². The Bertz CT molecular complexity index is 497. The van der Waals surface area contributed by atoms with E-state index >= 15 is 0 Å². The Morgan fingerprint density at radius 3 is 2.56 bits per heavy atom. The molecule has 16 heavy (non-hydrogen) atoms. The summed E-state index contributed by atoms with van der Waals surface area (Å²) in [7, 11) is 0. The Kier molecular flexibility index (Phi) is 2.28. The van der Waals surface area contributed by atoms with E-state index in [0.717, 1.165) is 0 Å². The average Bonchev–Trinajstić information content (AvgIpc) is 2.70. The maximum atomic E-state index is 2.38. The number of hydrogen-bond donors (Lipinski definition) is 0. The Balaban J connectivity index is 2.14. The minimum absolute atomic E-state index is 0.680. The molecule has 79 valence electrons. The second-order valence-electron chi connectivity index (χ2n) is 4.59. The second-order valence-corrected chi connectivity index (χ2v) is 4.59. The van der Waals surface area contributed by atoms with Crippen LogP contribution in [0.25, 0.3) is 11.1 Å². The molecule has 0 nitrogen and oxygen atoms in total. The van der Waals surface area contributed by atoms with Crippen LogP contribution in [0.4, 0.5) is 0 Å². The molecule has 0 aliphatic heterocycles. The van der Waals surface area contributed by atoms with E-state index in [4.69, 9.17) is 0 Å². The summed E-state index contributed by atoms with van der Waals surface area (Å²) in [5.74, 6) is 0.680. The highest BCUT2D eigenvalue weighted by Gasteiger charge is 2.20. The lowest BCUT2D eigenvalue weighted by Crippen LogP contribution is -1.90. The van der Waals surface area contributed by atoms with Crippen molar-refractivity contribution in [2.45, 2.75) is 13.3 Å². The molecule has 0 spiro atoms. The van der Waals surface area contributed by atoms with Crippen LogP contribution in [0, 0.1) is 12.3 Å². The highest BCUT2D eigenvalue weighted by atomic mass is 14.2. The topological polar surface area (TPSA) is 0 Å². The fourth-order valence-corrected chi connectivity index (χ4v) is 2.56. The van der Waals surface area contributed by atoms with Crippen LogP contribution >= 0.6 is 0 Å². The number of hydrogen-bond acceptors (Lipinski definition) is 0. The van der Waals surface area contributed by atoms with Gasteiger partial charge >= 0.3 is 0 Å². The largest absolute Gasteiger partial charge is 0.0622 e. The molecular formula is C16H15. The van der Waals surface area contributed by atoms with E-state index in [9.17, 15) is 0 Å². The summed E-state index contributed by atoms with van der Waals surface area (Å²) in [4.78, 5) is 0. The van der Waals surface area contributed by atoms with Gasteiger partial charge in [-0.05, 0) is 41.0 Å². The van der Waals surface area contributed by atoms with E-state index in [-0.39, 0.29) is 0 Å². The molecule has 1 unspecified atom stereocenters. The predicted octanol–water partition coefficient (Wildman–Crippen LogP) is 4.10. The van der Waals surface area contributed by atoms with Crippen LogP contribution in [0.3, 0.4) is 0 Å². The summed E-state index contributed by atoms with van der Waals surface area (Å²) in [5, 5.41) is 0.